The molecule has 3 nitrogen and oxygen atoms in total. The lowest BCUT2D eigenvalue weighted by Crippen LogP contribution is -2.25. The second kappa shape index (κ2) is 7.27. The maximum Gasteiger partial charge on any atom is 0.165 e. The molecule has 0 fully saturated rings. The van der Waals surface area contributed by atoms with Crippen LogP contribution in [0.1, 0.15) is 30.5 Å². The van der Waals surface area contributed by atoms with Crippen LogP contribution in [0.2, 0.25) is 0 Å². The van der Waals surface area contributed by atoms with Crippen molar-refractivity contribution in [2.45, 2.75) is 39.2 Å². The molecule has 128 valence electrons. The van der Waals surface area contributed by atoms with Crippen LogP contribution in [0.4, 0.5) is 0 Å². The third-order valence-corrected chi connectivity index (χ3v) is 4.30. The number of nitrogens with one attached hydrogen (secondary N) is 1. The van der Waals surface area contributed by atoms with Crippen LogP contribution in [-0.2, 0) is 12.8 Å². The molecule has 2 aromatic rings. The van der Waals surface area contributed by atoms with Crippen molar-refractivity contribution >= 4 is 0 Å². The maximum absolute atomic E-state index is 6.03. The van der Waals surface area contributed by atoms with Gasteiger partial charge in [0.05, 0.1) is 0 Å². The molecule has 0 saturated heterocycles. The highest BCUT2D eigenvalue weighted by molar-refractivity contribution is 5.50. The van der Waals surface area contributed by atoms with Crippen molar-refractivity contribution in [2.24, 2.45) is 0 Å². The van der Waals surface area contributed by atoms with Gasteiger partial charge in [0.15, 0.2) is 11.5 Å². The number of ether oxygens (including phenoxy) is 2. The van der Waals surface area contributed by atoms with Crippen molar-refractivity contribution in [3.8, 4) is 11.5 Å². The Kier molecular flexibility index (Phi) is 5.10. The first-order valence-corrected chi connectivity index (χ1v) is 8.73. The van der Waals surface area contributed by atoms with Gasteiger partial charge in [0.2, 0.25) is 0 Å². The Labute approximate surface area is 145 Å². The van der Waals surface area contributed by atoms with Gasteiger partial charge in [-0.25, -0.2) is 0 Å². The lowest BCUT2D eigenvalue weighted by molar-refractivity contribution is 0.132. The van der Waals surface area contributed by atoms with Crippen molar-refractivity contribution < 1.29 is 9.47 Å². The minimum absolute atomic E-state index is 0.131. The molecule has 0 aromatic heterocycles. The van der Waals surface area contributed by atoms with E-state index in [1.165, 1.54) is 16.7 Å². The largest absolute Gasteiger partial charge is 0.488 e. The van der Waals surface area contributed by atoms with Gasteiger partial charge in [-0.3, -0.25) is 0 Å². The molecular weight excluding hydrogens is 298 g/mol. The molecule has 0 saturated carbocycles. The summed E-state index contributed by atoms with van der Waals surface area (Å²) in [6, 6.07) is 14.9. The molecule has 0 atom stereocenters. The van der Waals surface area contributed by atoms with Crippen LogP contribution in [0, 0.1) is 6.92 Å². The summed E-state index contributed by atoms with van der Waals surface area (Å²) in [7, 11) is 0. The molecular formula is C21H27NO2. The van der Waals surface area contributed by atoms with Gasteiger partial charge < -0.3 is 14.8 Å². The fourth-order valence-corrected chi connectivity index (χ4v) is 3.05. The van der Waals surface area contributed by atoms with Gasteiger partial charge in [0.25, 0.3) is 0 Å². The first-order chi connectivity index (χ1) is 11.5. The van der Waals surface area contributed by atoms with Crippen molar-refractivity contribution in [2.75, 3.05) is 19.7 Å². The van der Waals surface area contributed by atoms with Crippen LogP contribution >= 0.6 is 0 Å². The Morgan fingerprint density at radius 2 is 1.88 bits per heavy atom. The van der Waals surface area contributed by atoms with Gasteiger partial charge in [-0.05, 0) is 45.4 Å². The maximum atomic E-state index is 6.03. The molecule has 0 unspecified atom stereocenters. The van der Waals surface area contributed by atoms with E-state index in [0.29, 0.717) is 6.61 Å². The van der Waals surface area contributed by atoms with E-state index in [1.54, 1.807) is 0 Å². The van der Waals surface area contributed by atoms with Crippen LogP contribution in [0.15, 0.2) is 42.5 Å². The van der Waals surface area contributed by atoms with Crippen LogP contribution < -0.4 is 14.8 Å². The Morgan fingerprint density at radius 1 is 1.08 bits per heavy atom. The van der Waals surface area contributed by atoms with Crippen LogP contribution in [0.5, 0.6) is 11.5 Å². The molecule has 3 rings (SSSR count). The fraction of sp³-hybridized carbons (Fsp3) is 0.429. The molecule has 1 aliphatic rings. The number of aryl methyl sites for hydroxylation is 1. The summed E-state index contributed by atoms with van der Waals surface area (Å²) in [6.45, 7) is 8.78. The zero-order valence-electron chi connectivity index (χ0n) is 14.9. The zero-order chi connectivity index (χ0) is 17.0. The van der Waals surface area contributed by atoms with E-state index in [2.05, 4.69) is 56.4 Å². The van der Waals surface area contributed by atoms with Gasteiger partial charge in [-0.15, -0.1) is 0 Å². The Balaban J connectivity index is 1.40. The van der Waals surface area contributed by atoms with Crippen molar-refractivity contribution in [1.82, 2.24) is 5.32 Å². The molecule has 0 amide bonds. The van der Waals surface area contributed by atoms with E-state index in [-0.39, 0.29) is 5.60 Å². The summed E-state index contributed by atoms with van der Waals surface area (Å²) < 4.78 is 11.9. The Bertz CT molecular complexity index is 677. The molecule has 0 bridgehead atoms. The van der Waals surface area contributed by atoms with Gasteiger partial charge in [0.1, 0.15) is 12.2 Å². The molecule has 0 spiro atoms. The standard InChI is InChI=1S/C21H27NO2/c1-16-7-9-17(10-8-16)11-12-22-13-14-23-19-6-4-5-18-15-21(2,3)24-20(18)19/h4-10,22H,11-15H2,1-3H3. The van der Waals surface area contributed by atoms with E-state index >= 15 is 0 Å². The SMILES string of the molecule is Cc1ccc(CCNCCOc2cccc3c2OC(C)(C)C3)cc1. The fourth-order valence-electron chi connectivity index (χ4n) is 3.05. The summed E-state index contributed by atoms with van der Waals surface area (Å²) in [6.07, 6.45) is 1.98. The number of rotatable bonds is 7. The molecule has 1 aliphatic heterocycles. The Hall–Kier alpha value is -2.00. The number of para-hydroxylation sites is 1. The number of hydrogen-bond acceptors (Lipinski definition) is 3. The first kappa shape index (κ1) is 16.8. The van der Waals surface area contributed by atoms with Crippen LogP contribution in [-0.4, -0.2) is 25.3 Å². The zero-order valence-corrected chi connectivity index (χ0v) is 14.9. The topological polar surface area (TPSA) is 30.5 Å². The van der Waals surface area contributed by atoms with Crippen molar-refractivity contribution in [3.05, 3.63) is 59.2 Å². The van der Waals surface area contributed by atoms with E-state index in [9.17, 15) is 0 Å². The third-order valence-electron chi connectivity index (χ3n) is 4.30. The number of hydrogen-bond donors (Lipinski definition) is 1. The van der Waals surface area contributed by atoms with Gasteiger partial charge in [-0.2, -0.15) is 0 Å². The average molecular weight is 325 g/mol. The van der Waals surface area contributed by atoms with Crippen molar-refractivity contribution in [3.63, 3.8) is 0 Å². The summed E-state index contributed by atoms with van der Waals surface area (Å²) in [4.78, 5) is 0. The summed E-state index contributed by atoms with van der Waals surface area (Å²) in [5.41, 5.74) is 3.78. The molecule has 1 N–H and O–H groups in total. The highest BCUT2D eigenvalue weighted by atomic mass is 16.5. The van der Waals surface area contributed by atoms with E-state index in [1.807, 2.05) is 12.1 Å². The first-order valence-electron chi connectivity index (χ1n) is 8.73. The smallest absolute Gasteiger partial charge is 0.165 e. The lowest BCUT2D eigenvalue weighted by atomic mass is 10.0. The average Bonchev–Trinajstić information content (AvgIpc) is 2.87. The quantitative estimate of drug-likeness (QED) is 0.783. The minimum atomic E-state index is -0.131. The predicted molar refractivity (Wildman–Crippen MR) is 98.1 cm³/mol. The molecule has 24 heavy (non-hydrogen) atoms. The predicted octanol–water partition coefficient (Wildman–Crippen LogP) is 3.92. The molecule has 0 aliphatic carbocycles. The van der Waals surface area contributed by atoms with Crippen molar-refractivity contribution in [1.29, 1.82) is 0 Å². The third kappa shape index (κ3) is 4.30. The highest BCUT2D eigenvalue weighted by Crippen LogP contribution is 2.41. The Morgan fingerprint density at radius 3 is 2.67 bits per heavy atom. The molecule has 1 heterocycles. The van der Waals surface area contributed by atoms with Gasteiger partial charge in [-0.1, -0.05) is 42.0 Å². The lowest BCUT2D eigenvalue weighted by Gasteiger charge is -2.18. The van der Waals surface area contributed by atoms with E-state index in [0.717, 1.165) is 37.4 Å². The summed E-state index contributed by atoms with van der Waals surface area (Å²) in [5.74, 6) is 1.78. The second-order valence-electron chi connectivity index (χ2n) is 7.12. The normalized spacial score (nSPS) is 15.0. The van der Waals surface area contributed by atoms with Gasteiger partial charge >= 0.3 is 0 Å². The van der Waals surface area contributed by atoms with Crippen LogP contribution in [0.3, 0.4) is 0 Å². The van der Waals surface area contributed by atoms with E-state index in [4.69, 9.17) is 9.47 Å². The summed E-state index contributed by atoms with van der Waals surface area (Å²) >= 11 is 0. The minimum Gasteiger partial charge on any atom is -0.488 e. The molecule has 0 radical (unpaired) electrons. The van der Waals surface area contributed by atoms with E-state index < -0.39 is 0 Å². The van der Waals surface area contributed by atoms with Gasteiger partial charge in [0, 0.05) is 18.5 Å². The molecule has 3 heteroatoms. The number of fused-ring (bicyclic) bond motifs is 1. The summed E-state index contributed by atoms with van der Waals surface area (Å²) in [5, 5.41) is 3.44. The number of benzene rings is 2. The highest BCUT2D eigenvalue weighted by Gasteiger charge is 2.32. The van der Waals surface area contributed by atoms with Crippen LogP contribution in [0.25, 0.3) is 0 Å². The molecule has 2 aromatic carbocycles. The monoisotopic (exact) mass is 325 g/mol. The second-order valence-corrected chi connectivity index (χ2v) is 7.12.